The monoisotopic (exact) mass is 95.1 g/mol. The fourth-order valence-corrected chi connectivity index (χ4v) is 0.348. The van der Waals surface area contributed by atoms with Crippen LogP contribution in [0.15, 0.2) is 18.4 Å². The van der Waals surface area contributed by atoms with Crippen LogP contribution >= 0.6 is 0 Å². The SMILES string of the molecule is [CH2]CCCC=C=C. The number of hydrogen-bond acceptors (Lipinski definition) is 0. The smallest absolute Gasteiger partial charge is 0.0275 e. The highest BCUT2D eigenvalue weighted by molar-refractivity contribution is 4.74. The van der Waals surface area contributed by atoms with E-state index in [4.69, 9.17) is 0 Å². The van der Waals surface area contributed by atoms with E-state index in [0.717, 1.165) is 19.3 Å². The Hall–Kier alpha value is -0.480. The van der Waals surface area contributed by atoms with Gasteiger partial charge in [-0.3, -0.25) is 0 Å². The number of allylic oxidation sites excluding steroid dienone is 1. The van der Waals surface area contributed by atoms with Gasteiger partial charge in [0.2, 0.25) is 0 Å². The lowest BCUT2D eigenvalue weighted by atomic mass is 10.2. The summed E-state index contributed by atoms with van der Waals surface area (Å²) in [6.07, 6.45) is 5.18. The molecule has 0 spiro atoms. The highest BCUT2D eigenvalue weighted by Gasteiger charge is 1.72. The van der Waals surface area contributed by atoms with Crippen LogP contribution in [0.3, 0.4) is 0 Å². The molecule has 0 saturated carbocycles. The van der Waals surface area contributed by atoms with Gasteiger partial charge in [-0.15, -0.1) is 5.73 Å². The molecule has 0 aromatic rings. The van der Waals surface area contributed by atoms with Crippen LogP contribution in [0.2, 0.25) is 0 Å². The molecule has 0 heteroatoms. The molecule has 0 aliphatic heterocycles. The molecule has 0 aliphatic rings. The van der Waals surface area contributed by atoms with E-state index in [9.17, 15) is 0 Å². The van der Waals surface area contributed by atoms with Crippen LogP contribution in [-0.4, -0.2) is 0 Å². The first-order valence-electron chi connectivity index (χ1n) is 2.55. The Morgan fingerprint density at radius 3 is 2.71 bits per heavy atom. The molecule has 0 unspecified atom stereocenters. The summed E-state index contributed by atoms with van der Waals surface area (Å²) in [5.74, 6) is 0. The molecule has 39 valence electrons. The summed E-state index contributed by atoms with van der Waals surface area (Å²) in [5.41, 5.74) is 2.70. The maximum absolute atomic E-state index is 3.69. The second-order valence-corrected chi connectivity index (χ2v) is 1.40. The summed E-state index contributed by atoms with van der Waals surface area (Å²) in [7, 11) is 0. The van der Waals surface area contributed by atoms with Crippen molar-refractivity contribution in [1.29, 1.82) is 0 Å². The summed E-state index contributed by atoms with van der Waals surface area (Å²) in [6.45, 7) is 7.12. The molecular formula is C7H11. The Morgan fingerprint density at radius 1 is 1.57 bits per heavy atom. The molecule has 0 amide bonds. The zero-order valence-electron chi connectivity index (χ0n) is 4.61. The van der Waals surface area contributed by atoms with Gasteiger partial charge in [-0.1, -0.05) is 19.9 Å². The number of unbranched alkanes of at least 4 members (excludes halogenated alkanes) is 2. The van der Waals surface area contributed by atoms with Crippen LogP contribution < -0.4 is 0 Å². The molecule has 0 nitrogen and oxygen atoms in total. The van der Waals surface area contributed by atoms with Crippen LogP contribution in [0.25, 0.3) is 0 Å². The van der Waals surface area contributed by atoms with Gasteiger partial charge < -0.3 is 0 Å². The Bertz CT molecular complexity index is 66.1. The lowest BCUT2D eigenvalue weighted by molar-refractivity contribution is 0.867. The van der Waals surface area contributed by atoms with E-state index in [2.05, 4.69) is 19.2 Å². The molecule has 0 saturated heterocycles. The van der Waals surface area contributed by atoms with Crippen molar-refractivity contribution < 1.29 is 0 Å². The van der Waals surface area contributed by atoms with Crippen molar-refractivity contribution in [1.82, 2.24) is 0 Å². The van der Waals surface area contributed by atoms with Crippen molar-refractivity contribution >= 4 is 0 Å². The largest absolute Gasteiger partial charge is 0.133 e. The maximum atomic E-state index is 3.69. The van der Waals surface area contributed by atoms with Gasteiger partial charge in [0.25, 0.3) is 0 Å². The first-order chi connectivity index (χ1) is 3.41. The molecule has 0 aromatic carbocycles. The van der Waals surface area contributed by atoms with Gasteiger partial charge >= 0.3 is 0 Å². The fraction of sp³-hybridized carbons (Fsp3) is 0.429. The van der Waals surface area contributed by atoms with Crippen LogP contribution in [0.1, 0.15) is 19.3 Å². The van der Waals surface area contributed by atoms with E-state index < -0.39 is 0 Å². The van der Waals surface area contributed by atoms with E-state index in [1.165, 1.54) is 0 Å². The van der Waals surface area contributed by atoms with Crippen molar-refractivity contribution in [2.24, 2.45) is 0 Å². The summed E-state index contributed by atoms with van der Waals surface area (Å²) in [4.78, 5) is 0. The second kappa shape index (κ2) is 5.52. The van der Waals surface area contributed by atoms with E-state index >= 15 is 0 Å². The van der Waals surface area contributed by atoms with Crippen molar-refractivity contribution in [3.63, 3.8) is 0 Å². The van der Waals surface area contributed by atoms with Crippen LogP contribution in [0.5, 0.6) is 0 Å². The highest BCUT2D eigenvalue weighted by Crippen LogP contribution is 1.91. The normalized spacial score (nSPS) is 7.57. The van der Waals surface area contributed by atoms with Gasteiger partial charge in [0.15, 0.2) is 0 Å². The van der Waals surface area contributed by atoms with Crippen LogP contribution in [-0.2, 0) is 0 Å². The zero-order chi connectivity index (χ0) is 5.54. The van der Waals surface area contributed by atoms with Gasteiger partial charge in [-0.2, -0.15) is 0 Å². The Balaban J connectivity index is 2.83. The van der Waals surface area contributed by atoms with E-state index in [1.54, 1.807) is 0 Å². The molecule has 7 heavy (non-hydrogen) atoms. The summed E-state index contributed by atoms with van der Waals surface area (Å²) in [6, 6.07) is 0. The van der Waals surface area contributed by atoms with Gasteiger partial charge in [0.05, 0.1) is 0 Å². The first kappa shape index (κ1) is 6.52. The van der Waals surface area contributed by atoms with E-state index in [1.807, 2.05) is 6.08 Å². The van der Waals surface area contributed by atoms with Crippen LogP contribution in [0.4, 0.5) is 0 Å². The molecule has 1 radical (unpaired) electrons. The quantitative estimate of drug-likeness (QED) is 0.373. The van der Waals surface area contributed by atoms with Gasteiger partial charge in [-0.05, 0) is 18.9 Å². The molecule has 0 heterocycles. The minimum atomic E-state index is 1.01. The average molecular weight is 95.2 g/mol. The first-order valence-corrected chi connectivity index (χ1v) is 2.55. The van der Waals surface area contributed by atoms with Gasteiger partial charge in [0.1, 0.15) is 0 Å². The van der Waals surface area contributed by atoms with Gasteiger partial charge in [0, 0.05) is 0 Å². The van der Waals surface area contributed by atoms with E-state index in [-0.39, 0.29) is 0 Å². The van der Waals surface area contributed by atoms with Crippen molar-refractivity contribution in [2.75, 3.05) is 0 Å². The Morgan fingerprint density at radius 2 is 2.29 bits per heavy atom. The zero-order valence-corrected chi connectivity index (χ0v) is 4.61. The number of hydrogen-bond donors (Lipinski definition) is 0. The Labute approximate surface area is 45.5 Å². The minimum absolute atomic E-state index is 1.01. The summed E-state index contributed by atoms with van der Waals surface area (Å²) >= 11 is 0. The Kier molecular flexibility index (Phi) is 5.14. The topological polar surface area (TPSA) is 0 Å². The molecule has 0 bridgehead atoms. The third kappa shape index (κ3) is 5.52. The fourth-order valence-electron chi connectivity index (χ4n) is 0.348. The van der Waals surface area contributed by atoms with Crippen molar-refractivity contribution in [3.8, 4) is 0 Å². The highest BCUT2D eigenvalue weighted by atomic mass is 13.8. The molecule has 0 N–H and O–H groups in total. The summed E-state index contributed by atoms with van der Waals surface area (Å²) < 4.78 is 0. The lowest BCUT2D eigenvalue weighted by Gasteiger charge is -1.81. The molecular weight excluding hydrogens is 84.1 g/mol. The summed E-state index contributed by atoms with van der Waals surface area (Å²) in [5, 5.41) is 0. The molecule has 0 atom stereocenters. The third-order valence-corrected chi connectivity index (χ3v) is 0.743. The lowest BCUT2D eigenvalue weighted by Crippen LogP contribution is -1.63. The van der Waals surface area contributed by atoms with Crippen LogP contribution in [0, 0.1) is 6.92 Å². The van der Waals surface area contributed by atoms with Gasteiger partial charge in [-0.25, -0.2) is 0 Å². The predicted octanol–water partition coefficient (Wildman–Crippen LogP) is 2.33. The predicted molar refractivity (Wildman–Crippen MR) is 32.9 cm³/mol. The van der Waals surface area contributed by atoms with E-state index in [0.29, 0.717) is 0 Å². The average Bonchev–Trinajstić information content (AvgIpc) is 1.69. The molecule has 0 aromatic heterocycles. The molecule has 0 fully saturated rings. The molecule has 0 rings (SSSR count). The molecule has 0 aliphatic carbocycles. The maximum Gasteiger partial charge on any atom is -0.0275 e. The second-order valence-electron chi connectivity index (χ2n) is 1.40. The minimum Gasteiger partial charge on any atom is -0.133 e. The standard InChI is InChI=1S/C7H11/c1-3-5-7-6-4-2/h6H,1-3,5,7H2. The van der Waals surface area contributed by atoms with Crippen molar-refractivity contribution in [3.05, 3.63) is 25.3 Å². The van der Waals surface area contributed by atoms with Crippen molar-refractivity contribution in [2.45, 2.75) is 19.3 Å². The number of rotatable bonds is 3. The third-order valence-electron chi connectivity index (χ3n) is 0.743.